The molecule has 0 spiro atoms. The number of carboxylic acids is 1. The summed E-state index contributed by atoms with van der Waals surface area (Å²) in [7, 11) is 1.52. The second kappa shape index (κ2) is 5.93. The Hall–Kier alpha value is -1.75. The molecule has 0 aliphatic carbocycles. The maximum Gasteiger partial charge on any atom is 0.328 e. The van der Waals surface area contributed by atoms with Crippen LogP contribution in [0.2, 0.25) is 5.02 Å². The first-order chi connectivity index (χ1) is 8.76. The number of nitrogens with one attached hydrogen (secondary N) is 1. The Balaban J connectivity index is 2.75. The van der Waals surface area contributed by atoms with Gasteiger partial charge in [0.15, 0.2) is 0 Å². The summed E-state index contributed by atoms with van der Waals surface area (Å²) < 4.78 is 5.00. The molecule has 0 unspecified atom stereocenters. The van der Waals surface area contributed by atoms with Crippen molar-refractivity contribution in [1.82, 2.24) is 5.32 Å². The molecule has 0 atom stereocenters. The summed E-state index contributed by atoms with van der Waals surface area (Å²) in [5.41, 5.74) is -0.697. The van der Waals surface area contributed by atoms with Gasteiger partial charge < -0.3 is 15.2 Å². The van der Waals surface area contributed by atoms with Crippen LogP contribution in [-0.2, 0) is 16.0 Å². The van der Waals surface area contributed by atoms with Crippen molar-refractivity contribution in [3.05, 3.63) is 28.8 Å². The van der Waals surface area contributed by atoms with E-state index in [4.69, 9.17) is 21.4 Å². The van der Waals surface area contributed by atoms with Gasteiger partial charge in [0.2, 0.25) is 5.91 Å². The van der Waals surface area contributed by atoms with Gasteiger partial charge >= 0.3 is 5.97 Å². The molecule has 19 heavy (non-hydrogen) atoms. The van der Waals surface area contributed by atoms with Gasteiger partial charge in [-0.15, -0.1) is 0 Å². The molecule has 1 aromatic carbocycles. The quantitative estimate of drug-likeness (QED) is 0.866. The molecule has 0 aromatic heterocycles. The minimum Gasteiger partial charge on any atom is -0.497 e. The Morgan fingerprint density at radius 3 is 2.53 bits per heavy atom. The summed E-state index contributed by atoms with van der Waals surface area (Å²) in [5, 5.41) is 11.8. The van der Waals surface area contributed by atoms with Gasteiger partial charge in [0, 0.05) is 5.02 Å². The summed E-state index contributed by atoms with van der Waals surface area (Å²) >= 11 is 6.01. The molecule has 0 aliphatic heterocycles. The Labute approximate surface area is 116 Å². The van der Waals surface area contributed by atoms with Crippen molar-refractivity contribution in [2.45, 2.75) is 25.8 Å². The first kappa shape index (κ1) is 15.3. The maximum absolute atomic E-state index is 11.8. The predicted octanol–water partition coefficient (Wildman–Crippen LogP) is 1.87. The number of halogens is 1. The van der Waals surface area contributed by atoms with Gasteiger partial charge in [-0.2, -0.15) is 0 Å². The molecule has 2 N–H and O–H groups in total. The Bertz CT molecular complexity index is 499. The van der Waals surface area contributed by atoms with Gasteiger partial charge in [-0.25, -0.2) is 4.79 Å². The van der Waals surface area contributed by atoms with E-state index in [-0.39, 0.29) is 6.42 Å². The number of ether oxygens (including phenoxy) is 1. The van der Waals surface area contributed by atoms with Crippen molar-refractivity contribution in [1.29, 1.82) is 0 Å². The number of carboxylic acid groups (broad SMARTS) is 1. The second-order valence-electron chi connectivity index (χ2n) is 4.61. The number of benzene rings is 1. The fraction of sp³-hybridized carbons (Fsp3) is 0.385. The number of carbonyl (C=O) groups is 2. The van der Waals surface area contributed by atoms with Crippen LogP contribution < -0.4 is 10.1 Å². The van der Waals surface area contributed by atoms with E-state index in [1.54, 1.807) is 18.2 Å². The molecule has 0 heterocycles. The number of aliphatic carboxylic acids is 1. The lowest BCUT2D eigenvalue weighted by Crippen LogP contribution is -2.50. The van der Waals surface area contributed by atoms with Gasteiger partial charge in [-0.1, -0.05) is 17.7 Å². The maximum atomic E-state index is 11.8. The van der Waals surface area contributed by atoms with Crippen molar-refractivity contribution >= 4 is 23.5 Å². The molecule has 0 saturated carbocycles. The molecular weight excluding hydrogens is 270 g/mol. The molecule has 5 nitrogen and oxygen atoms in total. The predicted molar refractivity (Wildman–Crippen MR) is 71.6 cm³/mol. The number of carbonyl (C=O) groups excluding carboxylic acids is 1. The van der Waals surface area contributed by atoms with Crippen LogP contribution in [-0.4, -0.2) is 29.6 Å². The van der Waals surface area contributed by atoms with Crippen LogP contribution in [0.25, 0.3) is 0 Å². The van der Waals surface area contributed by atoms with Crippen LogP contribution in [0.3, 0.4) is 0 Å². The zero-order valence-corrected chi connectivity index (χ0v) is 11.7. The lowest BCUT2D eigenvalue weighted by atomic mass is 10.0. The third-order valence-corrected chi connectivity index (χ3v) is 2.95. The standard InChI is InChI=1S/C13H16ClNO4/c1-13(2,12(17)18)15-11(16)6-8-4-5-9(19-3)7-10(8)14/h4-5,7H,6H2,1-3H3,(H,15,16)(H,17,18). The second-order valence-corrected chi connectivity index (χ2v) is 5.02. The summed E-state index contributed by atoms with van der Waals surface area (Å²) in [6, 6.07) is 4.97. The highest BCUT2D eigenvalue weighted by molar-refractivity contribution is 6.31. The molecule has 0 fully saturated rings. The molecule has 6 heteroatoms. The number of amides is 1. The molecule has 0 radical (unpaired) electrons. The molecule has 1 aromatic rings. The Kier molecular flexibility index (Phi) is 4.78. The van der Waals surface area contributed by atoms with E-state index < -0.39 is 17.4 Å². The number of hydrogen-bond acceptors (Lipinski definition) is 3. The largest absolute Gasteiger partial charge is 0.497 e. The smallest absolute Gasteiger partial charge is 0.328 e. The highest BCUT2D eigenvalue weighted by Gasteiger charge is 2.28. The Morgan fingerprint density at radius 2 is 2.05 bits per heavy atom. The van der Waals surface area contributed by atoms with Crippen LogP contribution >= 0.6 is 11.6 Å². The molecule has 0 aliphatic rings. The molecule has 1 amide bonds. The van der Waals surface area contributed by atoms with Gasteiger partial charge in [-0.3, -0.25) is 4.79 Å². The minimum absolute atomic E-state index is 0.0134. The number of methoxy groups -OCH3 is 1. The fourth-order valence-electron chi connectivity index (χ4n) is 1.42. The van der Waals surface area contributed by atoms with E-state index >= 15 is 0 Å². The monoisotopic (exact) mass is 285 g/mol. The number of rotatable bonds is 5. The lowest BCUT2D eigenvalue weighted by molar-refractivity contribution is -0.145. The fourth-order valence-corrected chi connectivity index (χ4v) is 1.65. The summed E-state index contributed by atoms with van der Waals surface area (Å²) in [5.74, 6) is -0.902. The van der Waals surface area contributed by atoms with Crippen molar-refractivity contribution in [3.63, 3.8) is 0 Å². The van der Waals surface area contributed by atoms with E-state index in [0.29, 0.717) is 16.3 Å². The van der Waals surface area contributed by atoms with Gasteiger partial charge in [0.25, 0.3) is 0 Å². The molecular formula is C13H16ClNO4. The summed E-state index contributed by atoms with van der Waals surface area (Å²) in [6.45, 7) is 2.84. The van der Waals surface area contributed by atoms with Gasteiger partial charge in [-0.05, 0) is 31.5 Å². The van der Waals surface area contributed by atoms with Gasteiger partial charge in [0.05, 0.1) is 13.5 Å². The molecule has 0 bridgehead atoms. The summed E-state index contributed by atoms with van der Waals surface area (Å²) in [4.78, 5) is 22.7. The average Bonchev–Trinajstić information content (AvgIpc) is 2.30. The highest BCUT2D eigenvalue weighted by atomic mass is 35.5. The zero-order valence-electron chi connectivity index (χ0n) is 11.0. The summed E-state index contributed by atoms with van der Waals surface area (Å²) in [6.07, 6.45) is 0.0134. The van der Waals surface area contributed by atoms with E-state index in [0.717, 1.165) is 0 Å². The van der Waals surface area contributed by atoms with Crippen molar-refractivity contribution in [2.75, 3.05) is 7.11 Å². The third-order valence-electron chi connectivity index (χ3n) is 2.60. The highest BCUT2D eigenvalue weighted by Crippen LogP contribution is 2.22. The van der Waals surface area contributed by atoms with Crippen LogP contribution in [0.5, 0.6) is 5.75 Å². The van der Waals surface area contributed by atoms with E-state index in [2.05, 4.69) is 5.32 Å². The van der Waals surface area contributed by atoms with Crippen molar-refractivity contribution < 1.29 is 19.4 Å². The van der Waals surface area contributed by atoms with Gasteiger partial charge in [0.1, 0.15) is 11.3 Å². The van der Waals surface area contributed by atoms with Crippen LogP contribution in [0.15, 0.2) is 18.2 Å². The zero-order chi connectivity index (χ0) is 14.6. The van der Waals surface area contributed by atoms with Crippen molar-refractivity contribution in [3.8, 4) is 5.75 Å². The van der Waals surface area contributed by atoms with E-state index in [9.17, 15) is 9.59 Å². The molecule has 104 valence electrons. The van der Waals surface area contributed by atoms with E-state index in [1.165, 1.54) is 21.0 Å². The Morgan fingerprint density at radius 1 is 1.42 bits per heavy atom. The third kappa shape index (κ3) is 4.13. The topological polar surface area (TPSA) is 75.6 Å². The minimum atomic E-state index is -1.31. The lowest BCUT2D eigenvalue weighted by Gasteiger charge is -2.21. The van der Waals surface area contributed by atoms with Crippen LogP contribution in [0, 0.1) is 0 Å². The normalized spacial score (nSPS) is 10.9. The van der Waals surface area contributed by atoms with E-state index in [1.807, 2.05) is 0 Å². The first-order valence-electron chi connectivity index (χ1n) is 5.63. The SMILES string of the molecule is COc1ccc(CC(=O)NC(C)(C)C(=O)O)c(Cl)c1. The average molecular weight is 286 g/mol. The number of hydrogen-bond donors (Lipinski definition) is 2. The van der Waals surface area contributed by atoms with Crippen molar-refractivity contribution in [2.24, 2.45) is 0 Å². The molecule has 1 rings (SSSR count). The first-order valence-corrected chi connectivity index (χ1v) is 6.01. The van der Waals surface area contributed by atoms with Crippen LogP contribution in [0.1, 0.15) is 19.4 Å². The molecule has 0 saturated heterocycles. The van der Waals surface area contributed by atoms with Crippen LogP contribution in [0.4, 0.5) is 0 Å².